The van der Waals surface area contributed by atoms with E-state index >= 15 is 0 Å². The van der Waals surface area contributed by atoms with Gasteiger partial charge in [-0.05, 0) is 25.3 Å². The first-order valence-electron chi connectivity index (χ1n) is 6.67. The highest BCUT2D eigenvalue weighted by atomic mass is 32.2. The Morgan fingerprint density at radius 3 is 2.67 bits per heavy atom. The summed E-state index contributed by atoms with van der Waals surface area (Å²) >= 11 is 0. The lowest BCUT2D eigenvalue weighted by Crippen LogP contribution is -2.45. The first-order valence-corrected chi connectivity index (χ1v) is 8.11. The summed E-state index contributed by atoms with van der Waals surface area (Å²) in [5.41, 5.74) is -0.0994. The van der Waals surface area contributed by atoms with Gasteiger partial charge in [0.05, 0.1) is 15.9 Å². The third-order valence-corrected chi connectivity index (χ3v) is 5.96. The smallest absolute Gasteiger partial charge is 0.273 e. The maximum atomic E-state index is 12.6. The van der Waals surface area contributed by atoms with Gasteiger partial charge in [-0.3, -0.25) is 10.1 Å². The standard InChI is InChI=1S/C13H18N2O5S/c1-9-6-7-14(8-12(9)16)21(19,20)13-5-3-4-11(10(13)2)15(17)18/h3-5,9,12,16H,6-8H2,1-2H3. The molecule has 1 fully saturated rings. The molecule has 0 aliphatic carbocycles. The van der Waals surface area contributed by atoms with Crippen LogP contribution in [-0.4, -0.2) is 41.9 Å². The Morgan fingerprint density at radius 1 is 1.43 bits per heavy atom. The number of hydrogen-bond acceptors (Lipinski definition) is 5. The molecule has 8 heteroatoms. The molecule has 21 heavy (non-hydrogen) atoms. The highest BCUT2D eigenvalue weighted by Gasteiger charge is 2.34. The van der Waals surface area contributed by atoms with Crippen LogP contribution in [0.4, 0.5) is 5.69 Å². The SMILES string of the molecule is Cc1c([N+](=O)[O-])cccc1S(=O)(=O)N1CCC(C)C(O)C1. The summed E-state index contributed by atoms with van der Waals surface area (Å²) < 4.78 is 26.5. The minimum absolute atomic E-state index is 0.0195. The van der Waals surface area contributed by atoms with E-state index in [1.54, 1.807) is 0 Å². The van der Waals surface area contributed by atoms with E-state index in [1.807, 2.05) is 6.92 Å². The average Bonchev–Trinajstić information content (AvgIpc) is 2.41. The van der Waals surface area contributed by atoms with Gasteiger partial charge in [0.25, 0.3) is 5.69 Å². The lowest BCUT2D eigenvalue weighted by molar-refractivity contribution is -0.385. The molecule has 1 heterocycles. The zero-order chi connectivity index (χ0) is 15.8. The second kappa shape index (κ2) is 5.70. The number of piperidine rings is 1. The Labute approximate surface area is 123 Å². The normalized spacial score (nSPS) is 24.0. The molecule has 0 bridgehead atoms. The van der Waals surface area contributed by atoms with Gasteiger partial charge >= 0.3 is 0 Å². The van der Waals surface area contributed by atoms with Gasteiger partial charge in [-0.25, -0.2) is 8.42 Å². The Morgan fingerprint density at radius 2 is 2.10 bits per heavy atom. The number of hydrogen-bond donors (Lipinski definition) is 1. The second-order valence-corrected chi connectivity index (χ2v) is 7.26. The van der Waals surface area contributed by atoms with E-state index in [-0.39, 0.29) is 28.6 Å². The molecule has 2 atom stereocenters. The van der Waals surface area contributed by atoms with Crippen molar-refractivity contribution in [2.45, 2.75) is 31.3 Å². The summed E-state index contributed by atoms with van der Waals surface area (Å²) in [5, 5.41) is 20.8. The minimum Gasteiger partial charge on any atom is -0.391 e. The number of rotatable bonds is 3. The highest BCUT2D eigenvalue weighted by Crippen LogP contribution is 2.29. The maximum absolute atomic E-state index is 12.6. The number of nitro benzene ring substituents is 1. The van der Waals surface area contributed by atoms with Crippen LogP contribution < -0.4 is 0 Å². The molecular formula is C13H18N2O5S. The Hall–Kier alpha value is -1.51. The predicted octanol–water partition coefficient (Wildman–Crippen LogP) is 1.29. The number of sulfonamides is 1. The number of aliphatic hydroxyl groups is 1. The van der Waals surface area contributed by atoms with Crippen LogP contribution >= 0.6 is 0 Å². The fourth-order valence-electron chi connectivity index (χ4n) is 2.46. The van der Waals surface area contributed by atoms with E-state index in [9.17, 15) is 23.6 Å². The minimum atomic E-state index is -3.84. The van der Waals surface area contributed by atoms with Gasteiger partial charge in [0.1, 0.15) is 0 Å². The van der Waals surface area contributed by atoms with Gasteiger partial charge < -0.3 is 5.11 Å². The molecule has 0 saturated carbocycles. The van der Waals surface area contributed by atoms with Crippen molar-refractivity contribution >= 4 is 15.7 Å². The third-order valence-electron chi connectivity index (χ3n) is 3.95. The van der Waals surface area contributed by atoms with Crippen molar-refractivity contribution in [3.63, 3.8) is 0 Å². The summed E-state index contributed by atoms with van der Waals surface area (Å²) in [5.74, 6) is 0.0441. The number of β-amino-alcohol motifs (C(OH)–C–C–N with tert-alkyl or cyclic N) is 1. The summed E-state index contributed by atoms with van der Waals surface area (Å²) in [6, 6.07) is 4.00. The molecule has 0 aromatic heterocycles. The van der Waals surface area contributed by atoms with Gasteiger partial charge in [0.15, 0.2) is 0 Å². The first kappa shape index (κ1) is 15.9. The van der Waals surface area contributed by atoms with Crippen molar-refractivity contribution in [1.82, 2.24) is 4.31 Å². The Kier molecular flexibility index (Phi) is 4.31. The van der Waals surface area contributed by atoms with Crippen LogP contribution in [-0.2, 0) is 10.0 Å². The van der Waals surface area contributed by atoms with Gasteiger partial charge in [-0.1, -0.05) is 13.0 Å². The number of benzene rings is 1. The third kappa shape index (κ3) is 2.92. The van der Waals surface area contributed by atoms with Gasteiger partial charge in [-0.15, -0.1) is 0 Å². The van der Waals surface area contributed by atoms with E-state index in [1.165, 1.54) is 29.4 Å². The van der Waals surface area contributed by atoms with Gasteiger partial charge in [-0.2, -0.15) is 4.31 Å². The van der Waals surface area contributed by atoms with Crippen LogP contribution in [0.5, 0.6) is 0 Å². The van der Waals surface area contributed by atoms with Crippen LogP contribution in [0.2, 0.25) is 0 Å². The van der Waals surface area contributed by atoms with Crippen molar-refractivity contribution in [3.05, 3.63) is 33.9 Å². The molecule has 1 N–H and O–H groups in total. The lowest BCUT2D eigenvalue weighted by Gasteiger charge is -2.33. The van der Waals surface area contributed by atoms with Crippen LogP contribution in [0.3, 0.4) is 0 Å². The molecule has 2 rings (SSSR count). The zero-order valence-corrected chi connectivity index (χ0v) is 12.7. The molecule has 0 amide bonds. The van der Waals surface area contributed by atoms with Crippen LogP contribution in [0.1, 0.15) is 18.9 Å². The molecule has 0 radical (unpaired) electrons. The molecule has 7 nitrogen and oxygen atoms in total. The van der Waals surface area contributed by atoms with Crippen molar-refractivity contribution in [2.24, 2.45) is 5.92 Å². The summed E-state index contributed by atoms with van der Waals surface area (Å²) in [4.78, 5) is 10.3. The first-order chi connectivity index (χ1) is 9.75. The number of nitrogens with zero attached hydrogens (tertiary/aromatic N) is 2. The van der Waals surface area contributed by atoms with Gasteiger partial charge in [0.2, 0.25) is 10.0 Å². The van der Waals surface area contributed by atoms with Crippen LogP contribution in [0.15, 0.2) is 23.1 Å². The monoisotopic (exact) mass is 314 g/mol. The van der Waals surface area contributed by atoms with E-state index in [4.69, 9.17) is 0 Å². The van der Waals surface area contributed by atoms with Crippen molar-refractivity contribution in [2.75, 3.05) is 13.1 Å². The largest absolute Gasteiger partial charge is 0.391 e. The maximum Gasteiger partial charge on any atom is 0.273 e. The average molecular weight is 314 g/mol. The molecule has 1 saturated heterocycles. The molecule has 2 unspecified atom stereocenters. The fraction of sp³-hybridized carbons (Fsp3) is 0.538. The summed E-state index contributed by atoms with van der Waals surface area (Å²) in [6.07, 6.45) is -0.151. The van der Waals surface area contributed by atoms with Gasteiger partial charge in [0, 0.05) is 24.7 Å². The Balaban J connectivity index is 2.41. The molecule has 1 aliphatic rings. The molecule has 1 aromatic carbocycles. The van der Waals surface area contributed by atoms with Crippen molar-refractivity contribution < 1.29 is 18.4 Å². The van der Waals surface area contributed by atoms with E-state index in [0.29, 0.717) is 13.0 Å². The summed E-state index contributed by atoms with van der Waals surface area (Å²) in [6.45, 7) is 3.62. The lowest BCUT2D eigenvalue weighted by atomic mass is 9.98. The Bertz CT molecular complexity index is 659. The number of nitro groups is 1. The molecular weight excluding hydrogens is 296 g/mol. The molecule has 116 valence electrons. The summed E-state index contributed by atoms with van der Waals surface area (Å²) in [7, 11) is -3.84. The molecule has 1 aliphatic heterocycles. The zero-order valence-electron chi connectivity index (χ0n) is 11.9. The van der Waals surface area contributed by atoms with E-state index < -0.39 is 21.1 Å². The fourth-order valence-corrected chi connectivity index (χ4v) is 4.17. The van der Waals surface area contributed by atoms with Crippen molar-refractivity contribution in [1.29, 1.82) is 0 Å². The van der Waals surface area contributed by atoms with Crippen LogP contribution in [0, 0.1) is 23.0 Å². The topological polar surface area (TPSA) is 101 Å². The number of aliphatic hydroxyl groups excluding tert-OH is 1. The predicted molar refractivity (Wildman–Crippen MR) is 76.4 cm³/mol. The second-order valence-electron chi connectivity index (χ2n) is 5.35. The molecule has 0 spiro atoms. The van der Waals surface area contributed by atoms with Crippen LogP contribution in [0.25, 0.3) is 0 Å². The quantitative estimate of drug-likeness (QED) is 0.669. The molecule has 1 aromatic rings. The highest BCUT2D eigenvalue weighted by molar-refractivity contribution is 7.89. The van der Waals surface area contributed by atoms with E-state index in [2.05, 4.69) is 0 Å². The van der Waals surface area contributed by atoms with E-state index in [0.717, 1.165) is 0 Å². The van der Waals surface area contributed by atoms with Crippen molar-refractivity contribution in [3.8, 4) is 0 Å².